The summed E-state index contributed by atoms with van der Waals surface area (Å²) in [4.78, 5) is 10.1. The van der Waals surface area contributed by atoms with Crippen LogP contribution in [0, 0.1) is 0 Å². The van der Waals surface area contributed by atoms with Gasteiger partial charge in [0.25, 0.3) is 10.1 Å². The van der Waals surface area contributed by atoms with E-state index in [1.54, 1.807) is 0 Å². The number of hydrogen-bond acceptors (Lipinski definition) is 3. The van der Waals surface area contributed by atoms with Crippen molar-refractivity contribution >= 4 is 26.9 Å². The number of carboxylic acids is 1. The molecule has 1 radical (unpaired) electrons. The highest BCUT2D eigenvalue weighted by Crippen LogP contribution is 2.30. The zero-order chi connectivity index (χ0) is 13.5. The lowest BCUT2D eigenvalue weighted by Gasteiger charge is -2.05. The Kier molecular flexibility index (Phi) is 2.72. The fourth-order valence-corrected chi connectivity index (χ4v) is 2.25. The third-order valence-electron chi connectivity index (χ3n) is 2.45. The van der Waals surface area contributed by atoms with E-state index < -0.39 is 26.7 Å². The molecule has 0 atom stereocenters. The van der Waals surface area contributed by atoms with E-state index in [0.29, 0.717) is 5.39 Å². The molecule has 2 N–H and O–H groups in total. The van der Waals surface area contributed by atoms with Gasteiger partial charge in [-0.1, -0.05) is 12.1 Å². The normalized spacial score (nSPS) is 11.6. The Balaban J connectivity index is 2.92. The second kappa shape index (κ2) is 3.97. The lowest BCUT2D eigenvalue weighted by atomic mass is 10.0. The lowest BCUT2D eigenvalue weighted by molar-refractivity contribution is 0.0699. The van der Waals surface area contributed by atoms with Gasteiger partial charge >= 0.3 is 5.97 Å². The Labute approximate surface area is 102 Å². The summed E-state index contributed by atoms with van der Waals surface area (Å²) in [5, 5.41) is 20.8. The van der Waals surface area contributed by atoms with Gasteiger partial charge in [0.05, 0.1) is 5.56 Å². The van der Waals surface area contributed by atoms with Crippen molar-refractivity contribution in [2.75, 3.05) is 0 Å². The number of benzene rings is 2. The minimum Gasteiger partial charge on any atom is -0.478 e. The molecule has 2 aromatic carbocycles. The maximum Gasteiger partial charge on any atom is 0.336 e. The van der Waals surface area contributed by atoms with Crippen molar-refractivity contribution in [1.82, 2.24) is 0 Å². The molecule has 0 heterocycles. The number of fused-ring (bicyclic) bond motifs is 1. The Morgan fingerprint density at radius 3 is 2.39 bits per heavy atom. The van der Waals surface area contributed by atoms with Gasteiger partial charge in [0.15, 0.2) is 5.75 Å². The molecule has 0 unspecified atom stereocenters. The van der Waals surface area contributed by atoms with E-state index in [0.717, 1.165) is 12.1 Å². The van der Waals surface area contributed by atoms with Crippen molar-refractivity contribution < 1.29 is 28.0 Å². The first kappa shape index (κ1) is 12.3. The van der Waals surface area contributed by atoms with Crippen molar-refractivity contribution in [3.8, 4) is 5.75 Å². The molecule has 93 valence electrons. The molecule has 0 aliphatic carbocycles. The Morgan fingerprint density at radius 2 is 1.83 bits per heavy atom. The van der Waals surface area contributed by atoms with Crippen LogP contribution in [0.2, 0.25) is 0 Å². The molecule has 0 fully saturated rings. The fraction of sp³-hybridized carbons (Fsp3) is 0. The highest BCUT2D eigenvalue weighted by Gasteiger charge is 2.19. The number of carbonyl (C=O) groups is 1. The van der Waals surface area contributed by atoms with Crippen molar-refractivity contribution in [2.24, 2.45) is 0 Å². The molecule has 0 saturated heterocycles. The third kappa shape index (κ3) is 2.01. The van der Waals surface area contributed by atoms with Gasteiger partial charge in [0, 0.05) is 0 Å². The van der Waals surface area contributed by atoms with E-state index in [2.05, 4.69) is 0 Å². The van der Waals surface area contributed by atoms with Gasteiger partial charge in [-0.2, -0.15) is 8.42 Å². The first-order valence-electron chi connectivity index (χ1n) is 4.75. The van der Waals surface area contributed by atoms with E-state index in [1.165, 1.54) is 18.2 Å². The molecule has 0 spiro atoms. The second-order valence-electron chi connectivity index (χ2n) is 3.61. The van der Waals surface area contributed by atoms with Crippen LogP contribution in [-0.2, 0) is 15.2 Å². The van der Waals surface area contributed by atoms with Crippen LogP contribution in [0.3, 0.4) is 0 Å². The van der Waals surface area contributed by atoms with Crippen molar-refractivity contribution in [2.45, 2.75) is 4.90 Å². The smallest absolute Gasteiger partial charge is 0.336 e. The maximum absolute atomic E-state index is 11.5. The van der Waals surface area contributed by atoms with Crippen molar-refractivity contribution in [1.29, 1.82) is 0 Å². The zero-order valence-electron chi connectivity index (χ0n) is 8.82. The van der Waals surface area contributed by atoms with Gasteiger partial charge in [0.1, 0.15) is 4.90 Å². The van der Waals surface area contributed by atoms with Crippen LogP contribution in [0.15, 0.2) is 35.2 Å². The molecule has 0 bridgehead atoms. The van der Waals surface area contributed by atoms with Crippen LogP contribution in [0.25, 0.3) is 10.8 Å². The lowest BCUT2D eigenvalue weighted by Crippen LogP contribution is -2.01. The Bertz CT molecular complexity index is 747. The summed E-state index contributed by atoms with van der Waals surface area (Å²) in [6.45, 7) is 0. The summed E-state index contributed by atoms with van der Waals surface area (Å²) >= 11 is 0. The molecular formula is C11H7O6S. The average Bonchev–Trinajstić information content (AvgIpc) is 2.25. The first-order valence-corrected chi connectivity index (χ1v) is 6.19. The number of hydrogen-bond donors (Lipinski definition) is 2. The van der Waals surface area contributed by atoms with E-state index in [4.69, 9.17) is 9.66 Å². The molecule has 6 nitrogen and oxygen atoms in total. The van der Waals surface area contributed by atoms with Gasteiger partial charge in [0.2, 0.25) is 0 Å². The Morgan fingerprint density at radius 1 is 1.17 bits per heavy atom. The topological polar surface area (TPSA) is 112 Å². The van der Waals surface area contributed by atoms with Crippen molar-refractivity contribution in [3.63, 3.8) is 0 Å². The minimum absolute atomic E-state index is 0.0808. The second-order valence-corrected chi connectivity index (χ2v) is 5.00. The maximum atomic E-state index is 11.5. The molecule has 0 aliphatic rings. The predicted molar refractivity (Wildman–Crippen MR) is 60.9 cm³/mol. The third-order valence-corrected chi connectivity index (χ3v) is 3.33. The van der Waals surface area contributed by atoms with Crippen LogP contribution >= 0.6 is 0 Å². The van der Waals surface area contributed by atoms with E-state index in [1.807, 2.05) is 0 Å². The summed E-state index contributed by atoms with van der Waals surface area (Å²) in [6, 6.07) is 6.06. The summed E-state index contributed by atoms with van der Waals surface area (Å²) in [6.07, 6.45) is 0. The zero-order valence-corrected chi connectivity index (χ0v) is 9.64. The number of aromatic carboxylic acids is 1. The van der Waals surface area contributed by atoms with E-state index in [9.17, 15) is 18.3 Å². The fourth-order valence-electron chi connectivity index (χ4n) is 1.67. The summed E-state index contributed by atoms with van der Waals surface area (Å²) in [5.74, 6) is -2.13. The van der Waals surface area contributed by atoms with Gasteiger partial charge in [-0.05, 0) is 29.0 Å². The molecule has 2 rings (SSSR count). The van der Waals surface area contributed by atoms with Gasteiger partial charge in [-0.15, -0.1) is 0 Å². The molecule has 0 amide bonds. The summed E-state index contributed by atoms with van der Waals surface area (Å²) < 4.78 is 30.9. The molecule has 18 heavy (non-hydrogen) atoms. The Hall–Kier alpha value is -2.12. The van der Waals surface area contributed by atoms with E-state index >= 15 is 0 Å². The van der Waals surface area contributed by atoms with Crippen LogP contribution in [0.5, 0.6) is 5.75 Å². The minimum atomic E-state index is -4.67. The molecule has 0 saturated carbocycles. The summed E-state index contributed by atoms with van der Waals surface area (Å²) in [5.41, 5.74) is -0.141. The molecule has 2 aromatic rings. The largest absolute Gasteiger partial charge is 0.478 e. The van der Waals surface area contributed by atoms with E-state index in [-0.39, 0.29) is 10.9 Å². The average molecular weight is 267 g/mol. The van der Waals surface area contributed by atoms with Crippen LogP contribution < -0.4 is 0 Å². The number of carboxylic acid groups (broad SMARTS) is 1. The van der Waals surface area contributed by atoms with Gasteiger partial charge in [-0.3, -0.25) is 9.66 Å². The predicted octanol–water partition coefficient (Wildman–Crippen LogP) is 1.93. The first-order chi connectivity index (χ1) is 8.30. The van der Waals surface area contributed by atoms with Crippen molar-refractivity contribution in [3.05, 3.63) is 35.9 Å². The quantitative estimate of drug-likeness (QED) is 0.807. The van der Waals surface area contributed by atoms with Gasteiger partial charge in [-0.25, -0.2) is 4.79 Å². The van der Waals surface area contributed by atoms with Crippen LogP contribution in [0.4, 0.5) is 0 Å². The molecule has 7 heteroatoms. The SMILES string of the molecule is [O]c1cc2cccc(C(=O)O)c2cc1S(=O)(=O)O. The van der Waals surface area contributed by atoms with Crippen LogP contribution in [-0.4, -0.2) is 24.0 Å². The molecule has 0 aliphatic heterocycles. The number of rotatable bonds is 2. The molecular weight excluding hydrogens is 260 g/mol. The van der Waals surface area contributed by atoms with Gasteiger partial charge < -0.3 is 5.11 Å². The summed E-state index contributed by atoms with van der Waals surface area (Å²) in [7, 11) is -4.67. The highest BCUT2D eigenvalue weighted by atomic mass is 32.2. The highest BCUT2D eigenvalue weighted by molar-refractivity contribution is 7.86. The van der Waals surface area contributed by atoms with Crippen LogP contribution in [0.1, 0.15) is 10.4 Å². The molecule has 0 aromatic heterocycles. The monoisotopic (exact) mass is 267 g/mol. The standard InChI is InChI=1S/C11H7O6S/c12-9-4-6-2-1-3-7(11(13)14)8(6)5-10(9)18(15,16)17/h1-5H,(H,13,14)(H,15,16,17).